The zero-order chi connectivity index (χ0) is 18.8. The zero-order valence-electron chi connectivity index (χ0n) is 14.3. The minimum Gasteiger partial charge on any atom is -0.455 e. The summed E-state index contributed by atoms with van der Waals surface area (Å²) in [6.45, 7) is 2.57. The SMILES string of the molecule is CCn1ncc2c(C(=O)OCc3nnsc3Cl)cc(-c3ccccc3)nc21. The Bertz CT molecular complexity index is 1110. The average molecular weight is 400 g/mol. The largest absolute Gasteiger partial charge is 0.455 e. The molecule has 7 nitrogen and oxygen atoms in total. The van der Waals surface area contributed by atoms with Crippen LogP contribution in [0.5, 0.6) is 0 Å². The van der Waals surface area contributed by atoms with Crippen LogP contribution < -0.4 is 0 Å². The van der Waals surface area contributed by atoms with Crippen LogP contribution in [0.15, 0.2) is 42.6 Å². The molecule has 0 aliphatic rings. The van der Waals surface area contributed by atoms with Crippen molar-refractivity contribution in [2.75, 3.05) is 0 Å². The summed E-state index contributed by atoms with van der Waals surface area (Å²) in [6.07, 6.45) is 1.63. The number of benzene rings is 1. The van der Waals surface area contributed by atoms with E-state index in [1.165, 1.54) is 0 Å². The van der Waals surface area contributed by atoms with E-state index in [1.807, 2.05) is 37.3 Å². The first-order chi connectivity index (χ1) is 13.2. The molecule has 0 radical (unpaired) electrons. The molecule has 0 unspecified atom stereocenters. The molecule has 0 saturated carbocycles. The predicted molar refractivity (Wildman–Crippen MR) is 103 cm³/mol. The number of fused-ring (bicyclic) bond motifs is 1. The number of carbonyl (C=O) groups excluding carboxylic acids is 1. The van der Waals surface area contributed by atoms with Crippen molar-refractivity contribution in [3.8, 4) is 11.3 Å². The van der Waals surface area contributed by atoms with Crippen molar-refractivity contribution in [3.63, 3.8) is 0 Å². The number of carbonyl (C=O) groups is 1. The van der Waals surface area contributed by atoms with Gasteiger partial charge in [-0.1, -0.05) is 46.4 Å². The second kappa shape index (κ2) is 7.42. The molecule has 0 fully saturated rings. The molecule has 0 bridgehead atoms. The highest BCUT2D eigenvalue weighted by atomic mass is 35.5. The first kappa shape index (κ1) is 17.6. The van der Waals surface area contributed by atoms with Gasteiger partial charge in [-0.25, -0.2) is 14.5 Å². The van der Waals surface area contributed by atoms with Crippen molar-refractivity contribution in [2.24, 2.45) is 0 Å². The topological polar surface area (TPSA) is 82.8 Å². The van der Waals surface area contributed by atoms with Crippen LogP contribution in [-0.2, 0) is 17.9 Å². The molecule has 1 aromatic carbocycles. The maximum Gasteiger partial charge on any atom is 0.339 e. The molecule has 0 aliphatic carbocycles. The van der Waals surface area contributed by atoms with E-state index in [0.29, 0.717) is 38.9 Å². The molecular weight excluding hydrogens is 386 g/mol. The molecule has 0 N–H and O–H groups in total. The third kappa shape index (κ3) is 3.41. The van der Waals surface area contributed by atoms with Crippen LogP contribution in [0, 0.1) is 0 Å². The minimum atomic E-state index is -0.487. The molecule has 136 valence electrons. The summed E-state index contributed by atoms with van der Waals surface area (Å²) in [6, 6.07) is 11.4. The Balaban J connectivity index is 1.75. The normalized spacial score (nSPS) is 11.0. The van der Waals surface area contributed by atoms with Gasteiger partial charge in [0.15, 0.2) is 5.65 Å². The van der Waals surface area contributed by atoms with Gasteiger partial charge in [-0.15, -0.1) is 5.10 Å². The lowest BCUT2D eigenvalue weighted by Crippen LogP contribution is -2.08. The number of aromatic nitrogens is 5. The summed E-state index contributed by atoms with van der Waals surface area (Å²) in [5.41, 5.74) is 3.06. The Labute approximate surface area is 163 Å². The van der Waals surface area contributed by atoms with Gasteiger partial charge >= 0.3 is 5.97 Å². The van der Waals surface area contributed by atoms with Crippen LogP contribution in [0.3, 0.4) is 0 Å². The Morgan fingerprint density at radius 1 is 1.30 bits per heavy atom. The van der Waals surface area contributed by atoms with E-state index in [4.69, 9.17) is 21.3 Å². The third-order valence-corrected chi connectivity index (χ3v) is 5.03. The van der Waals surface area contributed by atoms with Crippen LogP contribution in [0.2, 0.25) is 4.34 Å². The smallest absolute Gasteiger partial charge is 0.339 e. The van der Waals surface area contributed by atoms with E-state index in [-0.39, 0.29) is 6.61 Å². The lowest BCUT2D eigenvalue weighted by molar-refractivity contribution is 0.0470. The number of rotatable bonds is 5. The summed E-state index contributed by atoms with van der Waals surface area (Å²) in [5.74, 6) is -0.487. The first-order valence-electron chi connectivity index (χ1n) is 8.23. The maximum absolute atomic E-state index is 12.8. The minimum absolute atomic E-state index is 0.0411. The second-order valence-electron chi connectivity index (χ2n) is 5.69. The van der Waals surface area contributed by atoms with Crippen LogP contribution in [0.4, 0.5) is 0 Å². The fourth-order valence-corrected chi connectivity index (χ4v) is 3.30. The van der Waals surface area contributed by atoms with E-state index >= 15 is 0 Å². The molecule has 27 heavy (non-hydrogen) atoms. The zero-order valence-corrected chi connectivity index (χ0v) is 15.9. The Morgan fingerprint density at radius 3 is 2.81 bits per heavy atom. The number of esters is 1. The number of aryl methyl sites for hydroxylation is 1. The summed E-state index contributed by atoms with van der Waals surface area (Å²) >= 11 is 7.02. The molecule has 3 aromatic heterocycles. The number of halogens is 1. The van der Waals surface area contributed by atoms with E-state index in [9.17, 15) is 4.79 Å². The van der Waals surface area contributed by atoms with Gasteiger partial charge in [0.25, 0.3) is 0 Å². The number of hydrogen-bond donors (Lipinski definition) is 0. The Morgan fingerprint density at radius 2 is 2.11 bits per heavy atom. The van der Waals surface area contributed by atoms with E-state index < -0.39 is 5.97 Å². The van der Waals surface area contributed by atoms with Gasteiger partial charge in [-0.3, -0.25) is 0 Å². The van der Waals surface area contributed by atoms with Crippen LogP contribution in [0.25, 0.3) is 22.3 Å². The van der Waals surface area contributed by atoms with Gasteiger partial charge in [-0.2, -0.15) is 5.10 Å². The quantitative estimate of drug-likeness (QED) is 0.472. The third-order valence-electron chi connectivity index (χ3n) is 4.05. The summed E-state index contributed by atoms with van der Waals surface area (Å²) in [7, 11) is 0. The molecule has 0 amide bonds. The highest BCUT2D eigenvalue weighted by molar-refractivity contribution is 7.10. The lowest BCUT2D eigenvalue weighted by atomic mass is 10.1. The lowest BCUT2D eigenvalue weighted by Gasteiger charge is -2.08. The molecule has 0 saturated heterocycles. The van der Waals surface area contributed by atoms with Gasteiger partial charge in [0.05, 0.1) is 22.8 Å². The fourth-order valence-electron chi connectivity index (χ4n) is 2.70. The van der Waals surface area contributed by atoms with Gasteiger partial charge in [0.1, 0.15) is 16.6 Å². The van der Waals surface area contributed by atoms with Crippen molar-refractivity contribution in [2.45, 2.75) is 20.1 Å². The van der Waals surface area contributed by atoms with Gasteiger partial charge in [0, 0.05) is 23.6 Å². The fraction of sp³-hybridized carbons (Fsp3) is 0.167. The molecule has 0 atom stereocenters. The van der Waals surface area contributed by atoms with Crippen molar-refractivity contribution < 1.29 is 9.53 Å². The van der Waals surface area contributed by atoms with Crippen LogP contribution in [0.1, 0.15) is 23.0 Å². The number of nitrogens with zero attached hydrogens (tertiary/aromatic N) is 5. The maximum atomic E-state index is 12.8. The van der Waals surface area contributed by atoms with Crippen molar-refractivity contribution in [3.05, 3.63) is 58.2 Å². The molecular formula is C18H14ClN5O2S. The molecule has 4 aromatic rings. The monoisotopic (exact) mass is 399 g/mol. The van der Waals surface area contributed by atoms with Crippen LogP contribution >= 0.6 is 23.1 Å². The van der Waals surface area contributed by atoms with E-state index in [0.717, 1.165) is 17.1 Å². The van der Waals surface area contributed by atoms with Crippen LogP contribution in [-0.4, -0.2) is 30.3 Å². The Hall–Kier alpha value is -2.84. The molecule has 0 spiro atoms. The van der Waals surface area contributed by atoms with E-state index in [1.54, 1.807) is 16.9 Å². The van der Waals surface area contributed by atoms with Crippen molar-refractivity contribution in [1.29, 1.82) is 0 Å². The molecule has 4 rings (SSSR count). The predicted octanol–water partition coefficient (Wildman–Crippen LogP) is 3.98. The standard InChI is InChI=1S/C18H14ClN5O2S/c1-2-24-17-13(9-20-24)12(8-14(21-17)11-6-4-3-5-7-11)18(25)26-10-15-16(19)27-23-22-15/h3-9H,2,10H2,1H3. The number of hydrogen-bond acceptors (Lipinski definition) is 7. The van der Waals surface area contributed by atoms with Crippen molar-refractivity contribution >= 4 is 40.1 Å². The summed E-state index contributed by atoms with van der Waals surface area (Å²) in [5, 5.41) is 8.82. The van der Waals surface area contributed by atoms with Crippen molar-refractivity contribution in [1.82, 2.24) is 24.4 Å². The molecule has 3 heterocycles. The highest BCUT2D eigenvalue weighted by Crippen LogP contribution is 2.26. The first-order valence-corrected chi connectivity index (χ1v) is 9.38. The average Bonchev–Trinajstić information content (AvgIpc) is 3.31. The van der Waals surface area contributed by atoms with Gasteiger partial charge < -0.3 is 4.74 Å². The van der Waals surface area contributed by atoms with Gasteiger partial charge in [0.2, 0.25) is 0 Å². The molecule has 0 aliphatic heterocycles. The summed E-state index contributed by atoms with van der Waals surface area (Å²) < 4.78 is 11.3. The Kier molecular flexibility index (Phi) is 4.83. The number of ether oxygens (including phenoxy) is 1. The van der Waals surface area contributed by atoms with Gasteiger partial charge in [-0.05, 0) is 13.0 Å². The number of pyridine rings is 1. The molecule has 9 heteroatoms. The van der Waals surface area contributed by atoms with E-state index in [2.05, 4.69) is 14.7 Å². The second-order valence-corrected chi connectivity index (χ2v) is 7.04. The highest BCUT2D eigenvalue weighted by Gasteiger charge is 2.19. The summed E-state index contributed by atoms with van der Waals surface area (Å²) in [4.78, 5) is 17.5.